The highest BCUT2D eigenvalue weighted by atomic mass is 16.3. The summed E-state index contributed by atoms with van der Waals surface area (Å²) in [7, 11) is 2.19. The summed E-state index contributed by atoms with van der Waals surface area (Å²) in [4.78, 5) is 2.44. The van der Waals surface area contributed by atoms with Crippen molar-refractivity contribution in [2.75, 3.05) is 13.6 Å². The lowest BCUT2D eigenvalue weighted by atomic mass is 9.74. The summed E-state index contributed by atoms with van der Waals surface area (Å²) in [6.07, 6.45) is 3.16. The van der Waals surface area contributed by atoms with Gasteiger partial charge in [0.1, 0.15) is 0 Å². The van der Waals surface area contributed by atoms with Crippen LogP contribution in [0.5, 0.6) is 11.5 Å². The Bertz CT molecular complexity index is 725. The summed E-state index contributed by atoms with van der Waals surface area (Å²) in [5, 5.41) is 19.9. The molecule has 2 aliphatic rings. The molecule has 3 nitrogen and oxygen atoms in total. The SMILES string of the molecule is CN1CCc2cc(O)c(O)cc2[C@H]2c3ccccc3CC[C@@H]21. The zero-order chi connectivity index (χ0) is 15.3. The lowest BCUT2D eigenvalue weighted by Crippen LogP contribution is -2.39. The Kier molecular flexibility index (Phi) is 3.12. The summed E-state index contributed by atoms with van der Waals surface area (Å²) in [5.74, 6) is 0.257. The van der Waals surface area contributed by atoms with Gasteiger partial charge in [0.05, 0.1) is 0 Å². The van der Waals surface area contributed by atoms with Crippen LogP contribution in [0.1, 0.15) is 34.6 Å². The van der Waals surface area contributed by atoms with Crippen LogP contribution in [0.25, 0.3) is 0 Å². The normalized spacial score (nSPS) is 24.0. The van der Waals surface area contributed by atoms with Crippen LogP contribution in [0.2, 0.25) is 0 Å². The Morgan fingerprint density at radius 2 is 1.73 bits per heavy atom. The van der Waals surface area contributed by atoms with Gasteiger partial charge in [-0.1, -0.05) is 24.3 Å². The third kappa shape index (κ3) is 2.00. The predicted molar refractivity (Wildman–Crippen MR) is 86.5 cm³/mol. The second kappa shape index (κ2) is 5.03. The van der Waals surface area contributed by atoms with Crippen molar-refractivity contribution in [3.05, 3.63) is 58.7 Å². The number of phenolic OH excluding ortho intramolecular Hbond substituents is 2. The average molecular weight is 295 g/mol. The number of aryl methyl sites for hydroxylation is 1. The lowest BCUT2D eigenvalue weighted by molar-refractivity contribution is 0.214. The number of rotatable bonds is 0. The van der Waals surface area contributed by atoms with E-state index in [0.29, 0.717) is 6.04 Å². The molecule has 0 saturated carbocycles. The van der Waals surface area contributed by atoms with Gasteiger partial charge in [0.2, 0.25) is 0 Å². The zero-order valence-electron chi connectivity index (χ0n) is 12.8. The molecule has 4 rings (SSSR count). The highest BCUT2D eigenvalue weighted by Gasteiger charge is 2.36. The molecule has 114 valence electrons. The summed E-state index contributed by atoms with van der Waals surface area (Å²) < 4.78 is 0. The largest absolute Gasteiger partial charge is 0.504 e. The van der Waals surface area contributed by atoms with Crippen LogP contribution >= 0.6 is 0 Å². The molecule has 3 heteroatoms. The van der Waals surface area contributed by atoms with Gasteiger partial charge in [-0.05, 0) is 60.7 Å². The quantitative estimate of drug-likeness (QED) is 0.734. The van der Waals surface area contributed by atoms with Gasteiger partial charge in [0.25, 0.3) is 0 Å². The van der Waals surface area contributed by atoms with Crippen molar-refractivity contribution in [1.82, 2.24) is 4.90 Å². The van der Waals surface area contributed by atoms with Gasteiger partial charge in [-0.2, -0.15) is 0 Å². The molecule has 2 aromatic carbocycles. The highest BCUT2D eigenvalue weighted by Crippen LogP contribution is 2.44. The fourth-order valence-electron chi connectivity index (χ4n) is 4.20. The van der Waals surface area contributed by atoms with Gasteiger partial charge in [-0.25, -0.2) is 0 Å². The maximum atomic E-state index is 10.0. The first-order chi connectivity index (χ1) is 10.6. The minimum Gasteiger partial charge on any atom is -0.504 e. The van der Waals surface area contributed by atoms with E-state index in [2.05, 4.69) is 36.2 Å². The maximum absolute atomic E-state index is 10.0. The number of fused-ring (bicyclic) bond motifs is 5. The van der Waals surface area contributed by atoms with Crippen molar-refractivity contribution >= 4 is 0 Å². The number of hydrogen-bond acceptors (Lipinski definition) is 3. The van der Waals surface area contributed by atoms with Crippen LogP contribution in [-0.4, -0.2) is 34.7 Å². The molecule has 1 heterocycles. The van der Waals surface area contributed by atoms with E-state index in [9.17, 15) is 10.2 Å². The highest BCUT2D eigenvalue weighted by molar-refractivity contribution is 5.52. The molecule has 0 unspecified atom stereocenters. The number of aromatic hydroxyl groups is 2. The van der Waals surface area contributed by atoms with Gasteiger partial charge < -0.3 is 15.1 Å². The van der Waals surface area contributed by atoms with Gasteiger partial charge in [-0.15, -0.1) is 0 Å². The minimum absolute atomic E-state index is 0.00916. The predicted octanol–water partition coefficient (Wildman–Crippen LogP) is 3.03. The molecule has 0 bridgehead atoms. The first-order valence-electron chi connectivity index (χ1n) is 7.98. The van der Waals surface area contributed by atoms with Crippen molar-refractivity contribution in [1.29, 1.82) is 0 Å². The molecule has 0 radical (unpaired) electrons. The van der Waals surface area contributed by atoms with E-state index in [1.54, 1.807) is 12.1 Å². The van der Waals surface area contributed by atoms with Gasteiger partial charge in [0.15, 0.2) is 11.5 Å². The summed E-state index contributed by atoms with van der Waals surface area (Å²) in [5.41, 5.74) is 5.12. The van der Waals surface area contributed by atoms with Gasteiger partial charge >= 0.3 is 0 Å². The van der Waals surface area contributed by atoms with Gasteiger partial charge in [0, 0.05) is 18.5 Å². The van der Waals surface area contributed by atoms with Crippen molar-refractivity contribution in [3.63, 3.8) is 0 Å². The number of hydrogen-bond donors (Lipinski definition) is 2. The van der Waals surface area contributed by atoms with Crippen LogP contribution in [0, 0.1) is 0 Å². The van der Waals surface area contributed by atoms with Crippen LogP contribution in [0.4, 0.5) is 0 Å². The number of benzene rings is 2. The van der Waals surface area contributed by atoms with Gasteiger partial charge in [-0.3, -0.25) is 0 Å². The molecule has 22 heavy (non-hydrogen) atoms. The molecule has 2 atom stereocenters. The van der Waals surface area contributed by atoms with E-state index in [1.807, 2.05) is 0 Å². The van der Waals surface area contributed by atoms with Crippen LogP contribution in [-0.2, 0) is 12.8 Å². The van der Waals surface area contributed by atoms with Crippen molar-refractivity contribution in [2.24, 2.45) is 0 Å². The molecular formula is C19H21NO2. The molecule has 0 spiro atoms. The third-order valence-corrected chi connectivity index (χ3v) is 5.36. The second-order valence-corrected chi connectivity index (χ2v) is 6.55. The van der Waals surface area contributed by atoms with Crippen LogP contribution in [0.3, 0.4) is 0 Å². The van der Waals surface area contributed by atoms with Crippen molar-refractivity contribution in [2.45, 2.75) is 31.2 Å². The van der Waals surface area contributed by atoms with E-state index in [1.165, 1.54) is 16.7 Å². The molecule has 0 fully saturated rings. The number of likely N-dealkylation sites (N-methyl/N-ethyl adjacent to an activating group) is 1. The molecule has 2 aromatic rings. The third-order valence-electron chi connectivity index (χ3n) is 5.36. The van der Waals surface area contributed by atoms with E-state index in [4.69, 9.17) is 0 Å². The Labute approximate surface area is 130 Å². The number of nitrogens with zero attached hydrogens (tertiary/aromatic N) is 1. The summed E-state index contributed by atoms with van der Waals surface area (Å²) in [6.45, 7) is 0.987. The topological polar surface area (TPSA) is 43.7 Å². The Hall–Kier alpha value is -2.00. The Morgan fingerprint density at radius 1 is 0.955 bits per heavy atom. The minimum atomic E-state index is -0.0102. The van der Waals surface area contributed by atoms with Crippen molar-refractivity contribution < 1.29 is 10.2 Å². The first kappa shape index (κ1) is 13.6. The molecule has 2 N–H and O–H groups in total. The summed E-state index contributed by atoms with van der Waals surface area (Å²) in [6, 6.07) is 12.6. The molecular weight excluding hydrogens is 274 g/mol. The Balaban J connectivity index is 1.94. The van der Waals surface area contributed by atoms with E-state index in [0.717, 1.165) is 31.4 Å². The monoisotopic (exact) mass is 295 g/mol. The lowest BCUT2D eigenvalue weighted by Gasteiger charge is -2.38. The zero-order valence-corrected chi connectivity index (χ0v) is 12.8. The fourth-order valence-corrected chi connectivity index (χ4v) is 4.20. The Morgan fingerprint density at radius 3 is 2.59 bits per heavy atom. The first-order valence-corrected chi connectivity index (χ1v) is 7.98. The van der Waals surface area contributed by atoms with E-state index in [-0.39, 0.29) is 17.4 Å². The average Bonchev–Trinajstić information content (AvgIpc) is 2.66. The summed E-state index contributed by atoms with van der Waals surface area (Å²) >= 11 is 0. The smallest absolute Gasteiger partial charge is 0.157 e. The second-order valence-electron chi connectivity index (χ2n) is 6.55. The molecule has 1 aliphatic carbocycles. The van der Waals surface area contributed by atoms with Crippen LogP contribution < -0.4 is 0 Å². The fraction of sp³-hybridized carbons (Fsp3) is 0.368. The van der Waals surface area contributed by atoms with Crippen molar-refractivity contribution in [3.8, 4) is 11.5 Å². The number of phenols is 2. The molecule has 1 aliphatic heterocycles. The molecule has 0 aromatic heterocycles. The van der Waals surface area contributed by atoms with Crippen LogP contribution in [0.15, 0.2) is 36.4 Å². The van der Waals surface area contributed by atoms with E-state index < -0.39 is 0 Å². The maximum Gasteiger partial charge on any atom is 0.157 e. The molecule has 0 amide bonds. The molecule has 0 saturated heterocycles. The van der Waals surface area contributed by atoms with E-state index >= 15 is 0 Å². The standard InChI is InChI=1S/C19H21NO2/c1-20-9-8-13-10-17(21)18(22)11-15(13)19-14-5-3-2-4-12(14)6-7-16(19)20/h2-5,10-11,16,19,21-22H,6-9H2,1H3/t16-,19+/m0/s1.